The second-order valence-corrected chi connectivity index (χ2v) is 8.48. The van der Waals surface area contributed by atoms with Gasteiger partial charge in [0.15, 0.2) is 0 Å². The van der Waals surface area contributed by atoms with Crippen LogP contribution in [0.2, 0.25) is 0 Å². The zero-order valence-corrected chi connectivity index (χ0v) is 16.8. The predicted octanol–water partition coefficient (Wildman–Crippen LogP) is 3.65. The van der Waals surface area contributed by atoms with Crippen LogP contribution < -0.4 is 10.1 Å². The molecule has 4 rings (SSSR count). The molecule has 1 aromatic rings. The maximum absolute atomic E-state index is 13.3. The quantitative estimate of drug-likeness (QED) is 0.760. The molecule has 2 aliphatic carbocycles. The van der Waals surface area contributed by atoms with Crippen molar-refractivity contribution in [2.75, 3.05) is 13.8 Å². The van der Waals surface area contributed by atoms with Crippen molar-refractivity contribution >= 4 is 11.9 Å². The Kier molecular flexibility index (Phi) is 5.58. The second-order valence-electron chi connectivity index (χ2n) is 8.48. The molecule has 3 aliphatic rings. The molecule has 6 heteroatoms. The maximum Gasteiger partial charge on any atom is 0.326 e. The molecule has 6 nitrogen and oxygen atoms in total. The van der Waals surface area contributed by atoms with Gasteiger partial charge < -0.3 is 10.1 Å². The third kappa shape index (κ3) is 4.02. The van der Waals surface area contributed by atoms with Gasteiger partial charge in [-0.15, -0.1) is 0 Å². The summed E-state index contributed by atoms with van der Waals surface area (Å²) in [5.41, 5.74) is 0.507. The molecule has 1 aliphatic heterocycles. The van der Waals surface area contributed by atoms with Crippen LogP contribution in [0.1, 0.15) is 63.4 Å². The molecule has 1 aromatic carbocycles. The summed E-state index contributed by atoms with van der Waals surface area (Å²) in [6.45, 7) is 1.11. The fourth-order valence-corrected chi connectivity index (χ4v) is 4.53. The number of ether oxygens (including phenoxy) is 1. The number of hydrogen-bond donors (Lipinski definition) is 1. The van der Waals surface area contributed by atoms with E-state index in [4.69, 9.17) is 4.74 Å². The lowest BCUT2D eigenvalue weighted by Gasteiger charge is -2.30. The fraction of sp³-hybridized carbons (Fsp3) is 0.636. The van der Waals surface area contributed by atoms with Crippen LogP contribution >= 0.6 is 0 Å². The van der Waals surface area contributed by atoms with Crippen molar-refractivity contribution in [1.29, 1.82) is 0 Å². The Morgan fingerprint density at radius 3 is 2.32 bits per heavy atom. The number of benzene rings is 1. The molecule has 1 saturated heterocycles. The highest BCUT2D eigenvalue weighted by molar-refractivity contribution is 6.07. The number of methoxy groups -OCH3 is 1. The molecule has 3 amide bonds. The van der Waals surface area contributed by atoms with E-state index in [0.29, 0.717) is 12.7 Å². The van der Waals surface area contributed by atoms with Gasteiger partial charge in [-0.2, -0.15) is 0 Å². The van der Waals surface area contributed by atoms with Gasteiger partial charge >= 0.3 is 6.03 Å². The summed E-state index contributed by atoms with van der Waals surface area (Å²) in [6, 6.07) is 8.25. The molecule has 1 spiro atoms. The number of amides is 3. The van der Waals surface area contributed by atoms with E-state index in [0.717, 1.165) is 63.7 Å². The molecule has 1 N–H and O–H groups in total. The van der Waals surface area contributed by atoms with E-state index in [1.165, 1.54) is 16.9 Å². The van der Waals surface area contributed by atoms with Gasteiger partial charge in [-0.05, 0) is 43.4 Å². The summed E-state index contributed by atoms with van der Waals surface area (Å²) in [5, 5.41) is 3.07. The summed E-state index contributed by atoms with van der Waals surface area (Å²) in [5.74, 6) is 0.821. The van der Waals surface area contributed by atoms with Gasteiger partial charge in [-0.25, -0.2) is 9.69 Å². The van der Waals surface area contributed by atoms with Gasteiger partial charge in [0.05, 0.1) is 13.8 Å². The van der Waals surface area contributed by atoms with Crippen LogP contribution in [0.25, 0.3) is 0 Å². The van der Waals surface area contributed by atoms with Crippen molar-refractivity contribution in [3.05, 3.63) is 29.8 Å². The third-order valence-electron chi connectivity index (χ3n) is 6.38. The number of carbonyl (C=O) groups is 2. The minimum atomic E-state index is -0.660. The van der Waals surface area contributed by atoms with Crippen molar-refractivity contribution in [3.63, 3.8) is 0 Å². The zero-order valence-electron chi connectivity index (χ0n) is 16.8. The van der Waals surface area contributed by atoms with Crippen LogP contribution in [0.5, 0.6) is 5.75 Å². The largest absolute Gasteiger partial charge is 0.497 e. The fourth-order valence-electron chi connectivity index (χ4n) is 4.53. The normalized spacial score (nSPS) is 22.3. The predicted molar refractivity (Wildman–Crippen MR) is 107 cm³/mol. The molecule has 0 unspecified atom stereocenters. The average molecular weight is 386 g/mol. The molecule has 28 heavy (non-hydrogen) atoms. The van der Waals surface area contributed by atoms with Crippen molar-refractivity contribution in [2.45, 2.75) is 75.9 Å². The van der Waals surface area contributed by atoms with Gasteiger partial charge in [0.25, 0.3) is 5.91 Å². The van der Waals surface area contributed by atoms with E-state index >= 15 is 0 Å². The van der Waals surface area contributed by atoms with Crippen LogP contribution in [0.4, 0.5) is 4.79 Å². The van der Waals surface area contributed by atoms with Gasteiger partial charge in [0.2, 0.25) is 0 Å². The van der Waals surface area contributed by atoms with Gasteiger partial charge in [-0.3, -0.25) is 9.69 Å². The van der Waals surface area contributed by atoms with Crippen molar-refractivity contribution in [2.24, 2.45) is 0 Å². The monoisotopic (exact) mass is 385 g/mol. The van der Waals surface area contributed by atoms with E-state index in [1.807, 2.05) is 12.1 Å². The first kappa shape index (κ1) is 19.2. The Labute approximate surface area is 167 Å². The van der Waals surface area contributed by atoms with Crippen LogP contribution in [-0.4, -0.2) is 47.1 Å². The maximum atomic E-state index is 13.3. The van der Waals surface area contributed by atoms with E-state index in [9.17, 15) is 9.59 Å². The van der Waals surface area contributed by atoms with Crippen LogP contribution in [0.15, 0.2) is 24.3 Å². The van der Waals surface area contributed by atoms with Crippen LogP contribution in [-0.2, 0) is 11.3 Å². The Balaban J connectivity index is 1.45. The number of rotatable bonds is 6. The molecule has 152 valence electrons. The van der Waals surface area contributed by atoms with Crippen molar-refractivity contribution in [1.82, 2.24) is 15.1 Å². The summed E-state index contributed by atoms with van der Waals surface area (Å²) in [7, 11) is 1.66. The molecule has 3 fully saturated rings. The van der Waals surface area contributed by atoms with Crippen LogP contribution in [0.3, 0.4) is 0 Å². The number of nitrogens with zero attached hydrogens (tertiary/aromatic N) is 2. The van der Waals surface area contributed by atoms with Gasteiger partial charge in [-0.1, -0.05) is 44.2 Å². The average Bonchev–Trinajstić information content (AvgIpc) is 3.49. The molecule has 0 radical (unpaired) electrons. The van der Waals surface area contributed by atoms with Gasteiger partial charge in [0.1, 0.15) is 11.3 Å². The van der Waals surface area contributed by atoms with Gasteiger partial charge in [0, 0.05) is 12.6 Å². The molecular formula is C22H31N3O3. The third-order valence-corrected chi connectivity index (χ3v) is 6.38. The first-order chi connectivity index (χ1) is 13.6. The number of urea groups is 1. The highest BCUT2D eigenvalue weighted by Crippen LogP contribution is 2.34. The standard InChI is InChI=1S/C22H31N3O3/c1-28-19-11-7-17(8-12-19)15-24(18-9-10-18)16-25-20(26)22(23-21(25)27)13-5-3-2-4-6-14-22/h7-8,11-12,18H,2-6,9-10,13-16H2,1H3,(H,23,27). The Morgan fingerprint density at radius 2 is 1.71 bits per heavy atom. The second kappa shape index (κ2) is 8.11. The summed E-state index contributed by atoms with van der Waals surface area (Å²) in [4.78, 5) is 29.7. The Bertz CT molecular complexity index is 706. The summed E-state index contributed by atoms with van der Waals surface area (Å²) < 4.78 is 5.23. The molecular weight excluding hydrogens is 354 g/mol. The topological polar surface area (TPSA) is 61.9 Å². The van der Waals surface area contributed by atoms with E-state index in [-0.39, 0.29) is 11.9 Å². The number of nitrogens with one attached hydrogen (secondary N) is 1. The van der Waals surface area contributed by atoms with E-state index in [2.05, 4.69) is 22.3 Å². The highest BCUT2D eigenvalue weighted by Gasteiger charge is 2.51. The minimum Gasteiger partial charge on any atom is -0.497 e. The van der Waals surface area contributed by atoms with E-state index in [1.54, 1.807) is 7.11 Å². The minimum absolute atomic E-state index is 0.0141. The lowest BCUT2D eigenvalue weighted by molar-refractivity contribution is -0.133. The molecule has 0 bridgehead atoms. The lowest BCUT2D eigenvalue weighted by Crippen LogP contribution is -2.48. The van der Waals surface area contributed by atoms with E-state index < -0.39 is 5.54 Å². The highest BCUT2D eigenvalue weighted by atomic mass is 16.5. The zero-order chi connectivity index (χ0) is 19.6. The number of imide groups is 1. The number of hydrogen-bond acceptors (Lipinski definition) is 4. The molecule has 2 saturated carbocycles. The molecule has 1 heterocycles. The summed E-state index contributed by atoms with van der Waals surface area (Å²) in [6.07, 6.45) is 9.37. The molecule has 0 aromatic heterocycles. The van der Waals surface area contributed by atoms with Crippen LogP contribution in [0, 0.1) is 0 Å². The Morgan fingerprint density at radius 1 is 1.07 bits per heavy atom. The first-order valence-electron chi connectivity index (χ1n) is 10.6. The summed E-state index contributed by atoms with van der Waals surface area (Å²) >= 11 is 0. The van der Waals surface area contributed by atoms with Crippen molar-refractivity contribution < 1.29 is 14.3 Å². The lowest BCUT2D eigenvalue weighted by atomic mass is 9.84. The SMILES string of the molecule is COc1ccc(CN(CN2C(=O)NC3(CCCCCCC3)C2=O)C2CC2)cc1. The first-order valence-corrected chi connectivity index (χ1v) is 10.6. The number of carbonyl (C=O) groups excluding carboxylic acids is 2. The van der Waals surface area contributed by atoms with Crippen molar-refractivity contribution in [3.8, 4) is 5.75 Å². The smallest absolute Gasteiger partial charge is 0.326 e. The Hall–Kier alpha value is -2.08. The molecule has 0 atom stereocenters.